The lowest BCUT2D eigenvalue weighted by Crippen LogP contribution is -1.79. The van der Waals surface area contributed by atoms with Crippen LogP contribution in [-0.4, -0.2) is 9.55 Å². The van der Waals surface area contributed by atoms with Crippen LogP contribution in [0.4, 0.5) is 0 Å². The van der Waals surface area contributed by atoms with Crippen LogP contribution < -0.4 is 6.15 Å². The Bertz CT molecular complexity index is 401. The van der Waals surface area contributed by atoms with Crippen molar-refractivity contribution in [2.45, 2.75) is 6.92 Å². The first kappa shape index (κ1) is 10.5. The van der Waals surface area contributed by atoms with Crippen molar-refractivity contribution in [1.82, 2.24) is 15.7 Å². The molecule has 0 spiro atoms. The van der Waals surface area contributed by atoms with Crippen molar-refractivity contribution in [1.29, 1.82) is 0 Å². The highest BCUT2D eigenvalue weighted by atomic mass is 15.0. The van der Waals surface area contributed by atoms with Crippen LogP contribution in [0, 0.1) is 6.92 Å². The predicted molar refractivity (Wildman–Crippen MR) is 58.4 cm³/mol. The maximum Gasteiger partial charge on any atom is 0.0951 e. The van der Waals surface area contributed by atoms with Gasteiger partial charge >= 0.3 is 0 Å². The lowest BCUT2D eigenvalue weighted by atomic mass is 10.1. The van der Waals surface area contributed by atoms with Gasteiger partial charge < -0.3 is 10.7 Å². The second-order valence-corrected chi connectivity index (χ2v) is 3.29. The van der Waals surface area contributed by atoms with E-state index < -0.39 is 0 Å². The number of aryl methyl sites for hydroxylation is 2. The summed E-state index contributed by atoms with van der Waals surface area (Å²) in [7, 11) is 1.98. The van der Waals surface area contributed by atoms with Crippen molar-refractivity contribution >= 4 is 0 Å². The molecule has 0 saturated heterocycles. The third-order valence-electron chi connectivity index (χ3n) is 2.05. The molecule has 3 heteroatoms. The summed E-state index contributed by atoms with van der Waals surface area (Å²) < 4.78 is 1.95. The summed E-state index contributed by atoms with van der Waals surface area (Å²) >= 11 is 0. The molecule has 0 unspecified atom stereocenters. The molecule has 74 valence electrons. The lowest BCUT2D eigenvalue weighted by Gasteiger charge is -1.96. The summed E-state index contributed by atoms with van der Waals surface area (Å²) in [6, 6.07) is 8.39. The van der Waals surface area contributed by atoms with Crippen LogP contribution >= 0.6 is 0 Å². The molecule has 0 aliphatic rings. The number of benzene rings is 1. The van der Waals surface area contributed by atoms with E-state index in [4.69, 9.17) is 0 Å². The number of hydrogen-bond acceptors (Lipinski definition) is 2. The molecule has 0 bridgehead atoms. The molecule has 0 aliphatic heterocycles. The average Bonchev–Trinajstić information content (AvgIpc) is 2.53. The van der Waals surface area contributed by atoms with E-state index in [-0.39, 0.29) is 6.15 Å². The van der Waals surface area contributed by atoms with Crippen molar-refractivity contribution in [3.8, 4) is 11.3 Å². The predicted octanol–water partition coefficient (Wildman–Crippen LogP) is 2.56. The van der Waals surface area contributed by atoms with Crippen LogP contribution in [-0.2, 0) is 7.05 Å². The molecule has 0 fully saturated rings. The number of hydrogen-bond donors (Lipinski definition) is 1. The summed E-state index contributed by atoms with van der Waals surface area (Å²) in [5.41, 5.74) is 3.48. The smallest absolute Gasteiger partial charge is 0.0951 e. The van der Waals surface area contributed by atoms with Crippen LogP contribution in [0.1, 0.15) is 5.56 Å². The molecule has 0 radical (unpaired) electrons. The highest BCUT2D eigenvalue weighted by Gasteiger charge is 1.98. The lowest BCUT2D eigenvalue weighted by molar-refractivity contribution is 0.913. The molecule has 1 heterocycles. The minimum absolute atomic E-state index is 0. The molecule has 3 N–H and O–H groups in total. The number of aromatic nitrogens is 2. The van der Waals surface area contributed by atoms with Crippen molar-refractivity contribution in [2.75, 3.05) is 0 Å². The molecule has 2 rings (SSSR count). The van der Waals surface area contributed by atoms with Crippen LogP contribution in [0.5, 0.6) is 0 Å². The van der Waals surface area contributed by atoms with Crippen molar-refractivity contribution < 1.29 is 0 Å². The fourth-order valence-electron chi connectivity index (χ4n) is 1.29. The minimum atomic E-state index is 0. The number of rotatable bonds is 1. The molecule has 1 aromatic heterocycles. The van der Waals surface area contributed by atoms with Crippen LogP contribution in [0.25, 0.3) is 11.3 Å². The van der Waals surface area contributed by atoms with Gasteiger partial charge in [-0.2, -0.15) is 0 Å². The number of imidazole rings is 1. The summed E-state index contributed by atoms with van der Waals surface area (Å²) in [4.78, 5) is 4.28. The molecule has 0 amide bonds. The Morgan fingerprint density at radius 1 is 1.14 bits per heavy atom. The Hall–Kier alpha value is -1.61. The van der Waals surface area contributed by atoms with Crippen LogP contribution in [0.2, 0.25) is 0 Å². The zero-order chi connectivity index (χ0) is 9.26. The molecular weight excluding hydrogens is 174 g/mol. The maximum atomic E-state index is 4.28. The normalized spacial score (nSPS) is 9.57. The highest BCUT2D eigenvalue weighted by Crippen LogP contribution is 2.16. The van der Waals surface area contributed by atoms with Gasteiger partial charge in [0.25, 0.3) is 0 Å². The third-order valence-corrected chi connectivity index (χ3v) is 2.05. The van der Waals surface area contributed by atoms with Gasteiger partial charge in [0.2, 0.25) is 0 Å². The molecule has 1 aromatic carbocycles. The fourth-order valence-corrected chi connectivity index (χ4v) is 1.29. The Kier molecular flexibility index (Phi) is 3.04. The zero-order valence-corrected chi connectivity index (χ0v) is 8.57. The summed E-state index contributed by atoms with van der Waals surface area (Å²) in [5, 5.41) is 0. The topological polar surface area (TPSA) is 52.8 Å². The van der Waals surface area contributed by atoms with Gasteiger partial charge in [0, 0.05) is 18.8 Å². The molecular formula is C11H15N3. The molecule has 3 nitrogen and oxygen atoms in total. The number of nitrogens with zero attached hydrogens (tertiary/aromatic N) is 2. The Balaban J connectivity index is 0.000000980. The van der Waals surface area contributed by atoms with Gasteiger partial charge in [-0.05, 0) is 6.92 Å². The highest BCUT2D eigenvalue weighted by molar-refractivity contribution is 5.58. The molecule has 14 heavy (non-hydrogen) atoms. The standard InChI is InChI=1S/C11H12N2.H3N/c1-9-3-5-10(6-4-9)11-7-13(2)8-12-11;/h3-8H,1-2H3;1H3. The SMILES string of the molecule is Cc1ccc(-c2cn(C)cn2)cc1.N. The van der Waals surface area contributed by atoms with Gasteiger partial charge in [-0.15, -0.1) is 0 Å². The summed E-state index contributed by atoms with van der Waals surface area (Å²) in [6.45, 7) is 2.09. The van der Waals surface area contributed by atoms with Gasteiger partial charge in [0.15, 0.2) is 0 Å². The summed E-state index contributed by atoms with van der Waals surface area (Å²) in [5.74, 6) is 0. The van der Waals surface area contributed by atoms with E-state index in [0.29, 0.717) is 0 Å². The summed E-state index contributed by atoms with van der Waals surface area (Å²) in [6.07, 6.45) is 3.83. The van der Waals surface area contributed by atoms with Crippen molar-refractivity contribution in [2.24, 2.45) is 7.05 Å². The zero-order valence-electron chi connectivity index (χ0n) is 8.57. The van der Waals surface area contributed by atoms with Crippen LogP contribution in [0.3, 0.4) is 0 Å². The van der Waals surface area contributed by atoms with E-state index >= 15 is 0 Å². The fraction of sp³-hybridized carbons (Fsp3) is 0.182. The molecule has 0 atom stereocenters. The molecule has 0 saturated carbocycles. The second kappa shape index (κ2) is 4.07. The second-order valence-electron chi connectivity index (χ2n) is 3.29. The van der Waals surface area contributed by atoms with Gasteiger partial charge in [0.05, 0.1) is 12.0 Å². The quantitative estimate of drug-likeness (QED) is 0.749. The monoisotopic (exact) mass is 189 g/mol. The minimum Gasteiger partial charge on any atom is -0.344 e. The van der Waals surface area contributed by atoms with Gasteiger partial charge in [-0.25, -0.2) is 4.98 Å². The largest absolute Gasteiger partial charge is 0.344 e. The Morgan fingerprint density at radius 3 is 2.29 bits per heavy atom. The van der Waals surface area contributed by atoms with Gasteiger partial charge in [-0.3, -0.25) is 0 Å². The first-order valence-corrected chi connectivity index (χ1v) is 4.31. The first-order valence-electron chi connectivity index (χ1n) is 4.31. The van der Waals surface area contributed by atoms with E-state index in [1.165, 1.54) is 11.1 Å². The van der Waals surface area contributed by atoms with E-state index in [2.05, 4.69) is 36.2 Å². The van der Waals surface area contributed by atoms with E-state index in [9.17, 15) is 0 Å². The molecule has 0 aliphatic carbocycles. The van der Waals surface area contributed by atoms with Crippen molar-refractivity contribution in [3.05, 3.63) is 42.4 Å². The Morgan fingerprint density at radius 2 is 1.79 bits per heavy atom. The van der Waals surface area contributed by atoms with E-state index in [1.54, 1.807) is 0 Å². The average molecular weight is 189 g/mol. The van der Waals surface area contributed by atoms with E-state index in [0.717, 1.165) is 5.69 Å². The van der Waals surface area contributed by atoms with Crippen LogP contribution in [0.15, 0.2) is 36.8 Å². The molecule has 2 aromatic rings. The van der Waals surface area contributed by atoms with Gasteiger partial charge in [-0.1, -0.05) is 29.8 Å². The first-order chi connectivity index (χ1) is 6.25. The maximum absolute atomic E-state index is 4.28. The third kappa shape index (κ3) is 2.00. The van der Waals surface area contributed by atoms with E-state index in [1.807, 2.05) is 24.1 Å². The Labute approximate surface area is 84.0 Å². The van der Waals surface area contributed by atoms with Gasteiger partial charge in [0.1, 0.15) is 0 Å². The van der Waals surface area contributed by atoms with Crippen molar-refractivity contribution in [3.63, 3.8) is 0 Å².